The summed E-state index contributed by atoms with van der Waals surface area (Å²) in [6, 6.07) is 7.51. The largest absolute Gasteiger partial charge is 0.340 e. The number of amides is 2. The summed E-state index contributed by atoms with van der Waals surface area (Å²) in [4.78, 5) is 33.8. The maximum absolute atomic E-state index is 12.7. The van der Waals surface area contributed by atoms with Crippen molar-refractivity contribution in [1.29, 1.82) is 0 Å². The summed E-state index contributed by atoms with van der Waals surface area (Å²) in [6.07, 6.45) is 3.38. The van der Waals surface area contributed by atoms with E-state index >= 15 is 0 Å². The molecule has 2 heterocycles. The van der Waals surface area contributed by atoms with E-state index in [0.29, 0.717) is 11.6 Å². The van der Waals surface area contributed by atoms with Crippen molar-refractivity contribution in [3.63, 3.8) is 0 Å². The number of likely N-dealkylation sites (tertiary alicyclic amines) is 1. The van der Waals surface area contributed by atoms with E-state index in [-0.39, 0.29) is 23.2 Å². The number of nitrogens with zero attached hydrogens (tertiary/aromatic N) is 2. The lowest BCUT2D eigenvalue weighted by Crippen LogP contribution is -2.38. The fourth-order valence-electron chi connectivity index (χ4n) is 2.91. The zero-order valence-electron chi connectivity index (χ0n) is 14.0. The van der Waals surface area contributed by atoms with E-state index in [2.05, 4.69) is 22.2 Å². The van der Waals surface area contributed by atoms with Crippen LogP contribution in [-0.4, -0.2) is 39.8 Å². The molecule has 1 aromatic carbocycles. The van der Waals surface area contributed by atoms with Crippen molar-refractivity contribution in [3.8, 4) is 0 Å². The van der Waals surface area contributed by atoms with Crippen molar-refractivity contribution < 1.29 is 9.59 Å². The second-order valence-corrected chi connectivity index (χ2v) is 6.42. The maximum atomic E-state index is 12.7. The lowest BCUT2D eigenvalue weighted by molar-refractivity contribution is 0.0688. The molecule has 0 bridgehead atoms. The van der Waals surface area contributed by atoms with Gasteiger partial charge in [-0.1, -0.05) is 19.1 Å². The molecule has 0 saturated carbocycles. The number of piperidine rings is 1. The number of carbonyl (C=O) groups is 2. The fraction of sp³-hybridized carbons (Fsp3) is 0.389. The number of nitrogens with one attached hydrogen (secondary N) is 2. The van der Waals surface area contributed by atoms with Crippen LogP contribution in [0.25, 0.3) is 0 Å². The average Bonchev–Trinajstić information content (AvgIpc) is 3.04. The molecule has 1 aromatic heterocycles. The van der Waals surface area contributed by atoms with Gasteiger partial charge in [0.1, 0.15) is 5.69 Å². The maximum Gasteiger partial charge on any atom is 0.276 e. The molecule has 2 N–H and O–H groups in total. The van der Waals surface area contributed by atoms with Crippen LogP contribution in [0.2, 0.25) is 0 Å². The van der Waals surface area contributed by atoms with Crippen molar-refractivity contribution in [2.24, 2.45) is 5.92 Å². The van der Waals surface area contributed by atoms with Gasteiger partial charge < -0.3 is 15.2 Å². The van der Waals surface area contributed by atoms with Gasteiger partial charge in [-0.25, -0.2) is 4.98 Å². The van der Waals surface area contributed by atoms with Gasteiger partial charge in [0.25, 0.3) is 11.8 Å². The minimum atomic E-state index is -0.379. The number of rotatable bonds is 3. The minimum absolute atomic E-state index is 0.139. The van der Waals surface area contributed by atoms with Crippen LogP contribution in [0.5, 0.6) is 0 Å². The second-order valence-electron chi connectivity index (χ2n) is 6.42. The molecule has 0 unspecified atom stereocenters. The topological polar surface area (TPSA) is 78.1 Å². The standard InChI is InChI=1S/C18H22N4O2/c1-12-6-8-22(9-7-12)18(24)16-15(19-11-20-16)17(23)21-14-5-3-4-13(2)10-14/h3-5,10-12H,6-9H2,1-2H3,(H,19,20)(H,21,23). The molecule has 1 fully saturated rings. The third kappa shape index (κ3) is 3.48. The van der Waals surface area contributed by atoms with Gasteiger partial charge >= 0.3 is 0 Å². The molecule has 24 heavy (non-hydrogen) atoms. The van der Waals surface area contributed by atoms with Crippen LogP contribution in [-0.2, 0) is 0 Å². The van der Waals surface area contributed by atoms with Gasteiger partial charge in [0.15, 0.2) is 5.69 Å². The summed E-state index contributed by atoms with van der Waals surface area (Å²) in [5.74, 6) is 0.101. The highest BCUT2D eigenvalue weighted by molar-refractivity contribution is 6.10. The van der Waals surface area contributed by atoms with Crippen molar-refractivity contribution in [2.75, 3.05) is 18.4 Å². The lowest BCUT2D eigenvalue weighted by atomic mass is 9.99. The molecule has 0 spiro atoms. The van der Waals surface area contributed by atoms with Gasteiger partial charge in [-0.05, 0) is 43.4 Å². The van der Waals surface area contributed by atoms with Gasteiger partial charge in [-0.15, -0.1) is 0 Å². The van der Waals surface area contributed by atoms with E-state index in [1.807, 2.05) is 31.2 Å². The number of aromatic amines is 1. The highest BCUT2D eigenvalue weighted by Gasteiger charge is 2.27. The Hall–Kier alpha value is -2.63. The highest BCUT2D eigenvalue weighted by atomic mass is 16.2. The van der Waals surface area contributed by atoms with E-state index in [4.69, 9.17) is 0 Å². The van der Waals surface area contributed by atoms with Crippen LogP contribution in [0.3, 0.4) is 0 Å². The lowest BCUT2D eigenvalue weighted by Gasteiger charge is -2.30. The quantitative estimate of drug-likeness (QED) is 0.910. The Morgan fingerprint density at radius 1 is 1.29 bits per heavy atom. The van der Waals surface area contributed by atoms with Gasteiger partial charge in [0.2, 0.25) is 0 Å². The highest BCUT2D eigenvalue weighted by Crippen LogP contribution is 2.19. The van der Waals surface area contributed by atoms with Crippen LogP contribution in [0.1, 0.15) is 46.3 Å². The molecule has 126 valence electrons. The third-order valence-electron chi connectivity index (χ3n) is 4.42. The first kappa shape index (κ1) is 16.2. The fourth-order valence-corrected chi connectivity index (χ4v) is 2.91. The van der Waals surface area contributed by atoms with Gasteiger partial charge in [-0.3, -0.25) is 9.59 Å². The van der Waals surface area contributed by atoms with Gasteiger partial charge in [0, 0.05) is 18.8 Å². The summed E-state index contributed by atoms with van der Waals surface area (Å²) in [5, 5.41) is 2.80. The number of aryl methyl sites for hydroxylation is 1. The first-order chi connectivity index (χ1) is 11.5. The third-order valence-corrected chi connectivity index (χ3v) is 4.42. The Morgan fingerprint density at radius 2 is 2.04 bits per heavy atom. The number of benzene rings is 1. The SMILES string of the molecule is Cc1cccc(NC(=O)c2nc[nH]c2C(=O)N2CCC(C)CC2)c1. The van der Waals surface area contributed by atoms with E-state index in [9.17, 15) is 9.59 Å². The van der Waals surface area contributed by atoms with Gasteiger partial charge in [-0.2, -0.15) is 0 Å². The van der Waals surface area contributed by atoms with Crippen molar-refractivity contribution in [3.05, 3.63) is 47.5 Å². The number of aromatic nitrogens is 2. The van der Waals surface area contributed by atoms with Crippen LogP contribution in [0.4, 0.5) is 5.69 Å². The molecule has 1 aliphatic rings. The second kappa shape index (κ2) is 6.86. The number of anilines is 1. The molecular formula is C18H22N4O2. The van der Waals surface area contributed by atoms with Crippen LogP contribution >= 0.6 is 0 Å². The number of hydrogen-bond donors (Lipinski definition) is 2. The van der Waals surface area contributed by atoms with Crippen LogP contribution < -0.4 is 5.32 Å². The molecule has 0 radical (unpaired) electrons. The molecule has 6 nitrogen and oxygen atoms in total. The smallest absolute Gasteiger partial charge is 0.276 e. The average molecular weight is 326 g/mol. The van der Waals surface area contributed by atoms with Crippen LogP contribution in [0.15, 0.2) is 30.6 Å². The van der Waals surface area contributed by atoms with Crippen molar-refractivity contribution in [1.82, 2.24) is 14.9 Å². The molecule has 3 rings (SSSR count). The summed E-state index contributed by atoms with van der Waals surface area (Å²) >= 11 is 0. The van der Waals surface area contributed by atoms with E-state index in [1.54, 1.807) is 4.90 Å². The Morgan fingerprint density at radius 3 is 2.75 bits per heavy atom. The number of hydrogen-bond acceptors (Lipinski definition) is 3. The molecule has 0 atom stereocenters. The predicted molar refractivity (Wildman–Crippen MR) is 92.0 cm³/mol. The summed E-state index contributed by atoms with van der Waals surface area (Å²) in [6.45, 7) is 5.59. The first-order valence-corrected chi connectivity index (χ1v) is 8.25. The zero-order chi connectivity index (χ0) is 17.1. The van der Waals surface area contributed by atoms with Crippen molar-refractivity contribution in [2.45, 2.75) is 26.7 Å². The summed E-state index contributed by atoms with van der Waals surface area (Å²) in [5.41, 5.74) is 2.14. The van der Waals surface area contributed by atoms with E-state index in [1.165, 1.54) is 6.33 Å². The minimum Gasteiger partial charge on any atom is -0.340 e. The molecule has 1 aliphatic heterocycles. The molecule has 1 saturated heterocycles. The summed E-state index contributed by atoms with van der Waals surface area (Å²) in [7, 11) is 0. The van der Waals surface area contributed by atoms with E-state index in [0.717, 1.165) is 31.5 Å². The van der Waals surface area contributed by atoms with Gasteiger partial charge in [0.05, 0.1) is 6.33 Å². The first-order valence-electron chi connectivity index (χ1n) is 8.25. The Kier molecular flexibility index (Phi) is 4.64. The Bertz CT molecular complexity index is 745. The molecular weight excluding hydrogens is 304 g/mol. The Balaban J connectivity index is 1.74. The Labute approximate surface area is 141 Å². The van der Waals surface area contributed by atoms with Crippen LogP contribution in [0, 0.1) is 12.8 Å². The van der Waals surface area contributed by atoms with Crippen molar-refractivity contribution >= 4 is 17.5 Å². The zero-order valence-corrected chi connectivity index (χ0v) is 14.0. The molecule has 2 amide bonds. The monoisotopic (exact) mass is 326 g/mol. The normalized spacial score (nSPS) is 15.3. The number of imidazole rings is 1. The van der Waals surface area contributed by atoms with E-state index < -0.39 is 0 Å². The molecule has 6 heteroatoms. The predicted octanol–water partition coefficient (Wildman–Crippen LogP) is 2.84. The number of carbonyl (C=O) groups excluding carboxylic acids is 2. The molecule has 0 aliphatic carbocycles. The molecule has 2 aromatic rings. The summed E-state index contributed by atoms with van der Waals surface area (Å²) < 4.78 is 0. The number of H-pyrrole nitrogens is 1.